The first-order valence-electron chi connectivity index (χ1n) is 18.4. The highest BCUT2D eigenvalue weighted by molar-refractivity contribution is 7.43. The van der Waals surface area contributed by atoms with Gasteiger partial charge in [-0.1, -0.05) is 111 Å². The molecule has 3 aromatic carbocycles. The van der Waals surface area contributed by atoms with Gasteiger partial charge in [0.1, 0.15) is 17.2 Å². The normalized spacial score (nSPS) is 18.6. The van der Waals surface area contributed by atoms with Gasteiger partial charge in [-0.15, -0.1) is 0 Å². The van der Waals surface area contributed by atoms with Crippen molar-refractivity contribution in [3.05, 3.63) is 86.5 Å². The van der Waals surface area contributed by atoms with Crippen LogP contribution in [0.15, 0.2) is 36.4 Å². The topological polar surface area (TPSA) is 27.7 Å². The Kier molecular flexibility index (Phi) is 11.0. The molecule has 6 rings (SSSR count). The van der Waals surface area contributed by atoms with Crippen molar-refractivity contribution in [3.8, 4) is 17.2 Å². The molecule has 0 amide bonds. The van der Waals surface area contributed by atoms with Crippen molar-refractivity contribution >= 4 is 8.60 Å². The molecule has 3 fully saturated rings. The summed E-state index contributed by atoms with van der Waals surface area (Å²) in [4.78, 5) is 0. The molecule has 0 heterocycles. The van der Waals surface area contributed by atoms with E-state index < -0.39 is 8.60 Å². The summed E-state index contributed by atoms with van der Waals surface area (Å²) in [6.45, 7) is 13.3. The zero-order chi connectivity index (χ0) is 32.2. The fraction of sp³-hybridized carbons (Fsp3) is 0.571. The molecule has 0 unspecified atom stereocenters. The zero-order valence-electron chi connectivity index (χ0n) is 29.5. The third-order valence-corrected chi connectivity index (χ3v) is 12.0. The van der Waals surface area contributed by atoms with Crippen molar-refractivity contribution < 1.29 is 13.6 Å². The second-order valence-electron chi connectivity index (χ2n) is 15.0. The van der Waals surface area contributed by atoms with Gasteiger partial charge < -0.3 is 13.6 Å². The van der Waals surface area contributed by atoms with Crippen LogP contribution in [-0.2, 0) is 0 Å². The standard InChI is InChI=1S/C42H57O3P/c1-28-22-31(4)40(37(25-28)34-16-10-7-11-17-34)43-46(44-41-32(5)23-29(2)26-38(41)35-18-12-8-13-19-35)45-42-33(6)24-30(3)27-39(42)36-20-14-9-15-21-36/h22-27,34-36H,7-21H2,1-6H3. The van der Waals surface area contributed by atoms with Crippen molar-refractivity contribution in [2.75, 3.05) is 0 Å². The zero-order valence-corrected chi connectivity index (χ0v) is 30.4. The Morgan fingerprint density at radius 1 is 0.391 bits per heavy atom. The third kappa shape index (κ3) is 7.78. The molecule has 3 aromatic rings. The van der Waals surface area contributed by atoms with Crippen LogP contribution in [0.25, 0.3) is 0 Å². The second-order valence-corrected chi connectivity index (χ2v) is 16.0. The maximum Gasteiger partial charge on any atom is 0.530 e. The molecule has 0 atom stereocenters. The summed E-state index contributed by atoms with van der Waals surface area (Å²) in [7, 11) is -1.78. The molecule has 46 heavy (non-hydrogen) atoms. The Labute approximate surface area is 280 Å². The van der Waals surface area contributed by atoms with Crippen LogP contribution in [-0.4, -0.2) is 0 Å². The van der Waals surface area contributed by atoms with E-state index in [1.54, 1.807) is 0 Å². The van der Waals surface area contributed by atoms with E-state index in [4.69, 9.17) is 13.6 Å². The average Bonchev–Trinajstić information content (AvgIpc) is 3.05. The molecule has 3 aliphatic carbocycles. The lowest BCUT2D eigenvalue weighted by Gasteiger charge is -2.30. The summed E-state index contributed by atoms with van der Waals surface area (Å²) in [5.41, 5.74) is 11.5. The van der Waals surface area contributed by atoms with E-state index in [9.17, 15) is 0 Å². The number of benzene rings is 3. The van der Waals surface area contributed by atoms with Crippen molar-refractivity contribution in [2.24, 2.45) is 0 Å². The lowest BCUT2D eigenvalue weighted by atomic mass is 9.82. The van der Waals surface area contributed by atoms with Gasteiger partial charge in [-0.2, -0.15) is 0 Å². The van der Waals surface area contributed by atoms with Gasteiger partial charge in [0.2, 0.25) is 0 Å². The van der Waals surface area contributed by atoms with E-state index in [-0.39, 0.29) is 0 Å². The van der Waals surface area contributed by atoms with E-state index in [2.05, 4.69) is 77.9 Å². The summed E-state index contributed by atoms with van der Waals surface area (Å²) in [5.74, 6) is 4.52. The number of rotatable bonds is 9. The lowest BCUT2D eigenvalue weighted by Crippen LogP contribution is -2.13. The summed E-state index contributed by atoms with van der Waals surface area (Å²) >= 11 is 0. The predicted octanol–water partition coefficient (Wildman–Crippen LogP) is 13.4. The van der Waals surface area contributed by atoms with Gasteiger partial charge in [0.15, 0.2) is 0 Å². The molecule has 0 bridgehead atoms. The van der Waals surface area contributed by atoms with Crippen molar-refractivity contribution in [1.29, 1.82) is 0 Å². The molecule has 0 aliphatic heterocycles. The SMILES string of the molecule is Cc1cc(C)c(OP(Oc2c(C)cc(C)cc2C2CCCCC2)Oc2c(C)cc(C)cc2C2CCCCC2)c(C2CCCCC2)c1. The molecular formula is C42H57O3P. The van der Waals surface area contributed by atoms with Crippen LogP contribution < -0.4 is 13.6 Å². The number of hydrogen-bond donors (Lipinski definition) is 0. The fourth-order valence-electron chi connectivity index (χ4n) is 8.77. The molecule has 3 aliphatic rings. The molecule has 0 saturated heterocycles. The minimum atomic E-state index is -1.78. The van der Waals surface area contributed by atoms with Gasteiger partial charge in [-0.3, -0.25) is 0 Å². The van der Waals surface area contributed by atoms with Crippen LogP contribution in [0.5, 0.6) is 17.2 Å². The Morgan fingerprint density at radius 3 is 0.913 bits per heavy atom. The van der Waals surface area contributed by atoms with Crippen molar-refractivity contribution in [1.82, 2.24) is 0 Å². The number of hydrogen-bond acceptors (Lipinski definition) is 3. The summed E-state index contributed by atoms with van der Waals surface area (Å²) in [6.07, 6.45) is 19.1. The monoisotopic (exact) mass is 640 g/mol. The molecule has 0 radical (unpaired) electrons. The Hall–Kier alpha value is -2.51. The maximum atomic E-state index is 7.17. The van der Waals surface area contributed by atoms with E-state index >= 15 is 0 Å². The molecule has 0 N–H and O–H groups in total. The molecule has 3 saturated carbocycles. The van der Waals surface area contributed by atoms with Crippen molar-refractivity contribution in [3.63, 3.8) is 0 Å². The van der Waals surface area contributed by atoms with Crippen LogP contribution in [0.4, 0.5) is 0 Å². The van der Waals surface area contributed by atoms with E-state index in [0.717, 1.165) is 17.2 Å². The van der Waals surface area contributed by atoms with E-state index in [0.29, 0.717) is 17.8 Å². The highest BCUT2D eigenvalue weighted by Crippen LogP contribution is 2.52. The first-order chi connectivity index (χ1) is 22.3. The summed E-state index contributed by atoms with van der Waals surface area (Å²) < 4.78 is 21.5. The average molecular weight is 641 g/mol. The van der Waals surface area contributed by atoms with Crippen LogP contribution in [0.2, 0.25) is 0 Å². The van der Waals surface area contributed by atoms with Gasteiger partial charge in [0.25, 0.3) is 0 Å². The molecular weight excluding hydrogens is 583 g/mol. The molecule has 3 nitrogen and oxygen atoms in total. The first kappa shape index (κ1) is 33.4. The van der Waals surface area contributed by atoms with E-state index in [1.165, 1.54) is 146 Å². The van der Waals surface area contributed by atoms with Crippen LogP contribution in [0.3, 0.4) is 0 Å². The molecule has 0 spiro atoms. The molecule has 4 heteroatoms. The van der Waals surface area contributed by atoms with Crippen LogP contribution in [0, 0.1) is 41.5 Å². The Morgan fingerprint density at radius 2 is 0.652 bits per heavy atom. The van der Waals surface area contributed by atoms with E-state index in [1.807, 2.05) is 0 Å². The van der Waals surface area contributed by atoms with Crippen LogP contribution in [0.1, 0.15) is 164 Å². The number of aryl methyl sites for hydroxylation is 6. The minimum absolute atomic E-state index is 0.525. The highest BCUT2D eigenvalue weighted by Gasteiger charge is 2.32. The highest BCUT2D eigenvalue weighted by atomic mass is 31.2. The van der Waals surface area contributed by atoms with Gasteiger partial charge in [0, 0.05) is 0 Å². The molecule has 248 valence electrons. The predicted molar refractivity (Wildman–Crippen MR) is 194 cm³/mol. The second kappa shape index (κ2) is 15.1. The minimum Gasteiger partial charge on any atom is -0.408 e. The fourth-order valence-corrected chi connectivity index (χ4v) is 10.1. The quantitative estimate of drug-likeness (QED) is 0.218. The summed E-state index contributed by atoms with van der Waals surface area (Å²) in [6, 6.07) is 13.9. The van der Waals surface area contributed by atoms with Crippen LogP contribution >= 0.6 is 8.60 Å². The van der Waals surface area contributed by atoms with Gasteiger partial charge in [-0.05, 0) is 131 Å². The van der Waals surface area contributed by atoms with Crippen molar-refractivity contribution in [2.45, 2.75) is 156 Å². The first-order valence-corrected chi connectivity index (χ1v) is 19.5. The third-order valence-electron chi connectivity index (χ3n) is 11.0. The largest absolute Gasteiger partial charge is 0.530 e. The Balaban J connectivity index is 1.43. The lowest BCUT2D eigenvalue weighted by molar-refractivity contribution is 0.363. The smallest absolute Gasteiger partial charge is 0.408 e. The van der Waals surface area contributed by atoms with Gasteiger partial charge in [0.05, 0.1) is 0 Å². The van der Waals surface area contributed by atoms with Gasteiger partial charge >= 0.3 is 8.60 Å². The summed E-state index contributed by atoms with van der Waals surface area (Å²) in [5, 5.41) is 0. The Bertz CT molecular complexity index is 1310. The van der Waals surface area contributed by atoms with Gasteiger partial charge in [-0.25, -0.2) is 0 Å². The molecule has 0 aromatic heterocycles. The maximum absolute atomic E-state index is 7.17.